The van der Waals surface area contributed by atoms with Gasteiger partial charge in [-0.25, -0.2) is 0 Å². The Balaban J connectivity index is 1.82. The summed E-state index contributed by atoms with van der Waals surface area (Å²) in [7, 11) is 0. The van der Waals surface area contributed by atoms with Gasteiger partial charge in [-0.2, -0.15) is 0 Å². The molecule has 1 saturated carbocycles. The van der Waals surface area contributed by atoms with Crippen molar-refractivity contribution in [3.8, 4) is 0 Å². The zero-order valence-corrected chi connectivity index (χ0v) is 10.2. The average Bonchev–Trinajstić information content (AvgIpc) is 2.98. The number of hydrogen-bond donors (Lipinski definition) is 2. The van der Waals surface area contributed by atoms with Gasteiger partial charge in [0, 0.05) is 18.6 Å². The number of rotatable bonds is 6. The van der Waals surface area contributed by atoms with Gasteiger partial charge in [-0.05, 0) is 18.9 Å². The van der Waals surface area contributed by atoms with Gasteiger partial charge in [-0.3, -0.25) is 10.1 Å². The monoisotopic (exact) mass is 254 g/mol. The van der Waals surface area contributed by atoms with Crippen LogP contribution >= 0.6 is 0 Å². The van der Waals surface area contributed by atoms with Crippen LogP contribution in [0.25, 0.3) is 0 Å². The van der Waals surface area contributed by atoms with Crippen LogP contribution in [0.3, 0.4) is 0 Å². The lowest BCUT2D eigenvalue weighted by molar-refractivity contribution is -0.402. The fourth-order valence-electron chi connectivity index (χ4n) is 2.53. The molecule has 0 atom stereocenters. The Morgan fingerprint density at radius 3 is 2.72 bits per heavy atom. The molecule has 18 heavy (non-hydrogen) atoms. The molecule has 0 bridgehead atoms. The normalized spacial score (nSPS) is 18.1. The first-order valence-corrected chi connectivity index (χ1v) is 6.20. The molecular formula is C12H18N2O4. The van der Waals surface area contributed by atoms with Crippen LogP contribution in [0.2, 0.25) is 0 Å². The molecule has 100 valence electrons. The molecule has 0 spiro atoms. The maximum Gasteiger partial charge on any atom is 0.433 e. The Morgan fingerprint density at radius 1 is 1.44 bits per heavy atom. The second kappa shape index (κ2) is 5.49. The molecule has 1 heterocycles. The van der Waals surface area contributed by atoms with Crippen molar-refractivity contribution in [2.24, 2.45) is 5.41 Å². The maximum atomic E-state index is 10.5. The van der Waals surface area contributed by atoms with E-state index in [0.29, 0.717) is 12.3 Å². The van der Waals surface area contributed by atoms with Crippen molar-refractivity contribution in [3.05, 3.63) is 28.0 Å². The zero-order valence-electron chi connectivity index (χ0n) is 10.2. The lowest BCUT2D eigenvalue weighted by Crippen LogP contribution is -2.34. The summed E-state index contributed by atoms with van der Waals surface area (Å²) < 4.78 is 5.05. The van der Waals surface area contributed by atoms with E-state index >= 15 is 0 Å². The van der Waals surface area contributed by atoms with Crippen molar-refractivity contribution in [1.29, 1.82) is 0 Å². The van der Waals surface area contributed by atoms with Crippen molar-refractivity contribution in [1.82, 2.24) is 5.32 Å². The van der Waals surface area contributed by atoms with Crippen LogP contribution in [-0.4, -0.2) is 23.2 Å². The predicted octanol–water partition coefficient (Wildman–Crippen LogP) is 1.83. The quantitative estimate of drug-likeness (QED) is 0.597. The average molecular weight is 254 g/mol. The summed E-state index contributed by atoms with van der Waals surface area (Å²) in [5, 5.41) is 23.1. The van der Waals surface area contributed by atoms with Gasteiger partial charge in [-0.1, -0.05) is 12.8 Å². The van der Waals surface area contributed by atoms with E-state index in [1.807, 2.05) is 0 Å². The molecule has 0 radical (unpaired) electrons. The number of furan rings is 1. The molecule has 1 aromatic heterocycles. The zero-order chi connectivity index (χ0) is 13.0. The lowest BCUT2D eigenvalue weighted by atomic mass is 9.87. The van der Waals surface area contributed by atoms with E-state index in [2.05, 4.69) is 5.32 Å². The highest BCUT2D eigenvalue weighted by molar-refractivity contribution is 5.17. The summed E-state index contributed by atoms with van der Waals surface area (Å²) in [5.74, 6) is 0.317. The summed E-state index contributed by atoms with van der Waals surface area (Å²) in [5.41, 5.74) is -0.0154. The molecule has 2 rings (SSSR count). The van der Waals surface area contributed by atoms with E-state index < -0.39 is 4.92 Å². The maximum absolute atomic E-state index is 10.5. The predicted molar refractivity (Wildman–Crippen MR) is 65.1 cm³/mol. The first kappa shape index (κ1) is 13.0. The molecule has 1 aliphatic carbocycles. The molecule has 0 saturated heterocycles. The Labute approximate surface area is 105 Å². The SMILES string of the molecule is O=[N+]([O-])c1ccc(CNCC2(CO)CCCC2)o1. The highest BCUT2D eigenvalue weighted by Crippen LogP contribution is 2.36. The molecule has 1 aromatic rings. The molecule has 0 aromatic carbocycles. The van der Waals surface area contributed by atoms with Gasteiger partial charge in [0.2, 0.25) is 0 Å². The highest BCUT2D eigenvalue weighted by Gasteiger charge is 2.32. The van der Waals surface area contributed by atoms with E-state index in [1.165, 1.54) is 6.07 Å². The number of aliphatic hydroxyl groups excluding tert-OH is 1. The number of nitrogens with zero attached hydrogens (tertiary/aromatic N) is 1. The van der Waals surface area contributed by atoms with Crippen LogP contribution in [0, 0.1) is 15.5 Å². The smallest absolute Gasteiger partial charge is 0.404 e. The van der Waals surface area contributed by atoms with Gasteiger partial charge in [0.25, 0.3) is 0 Å². The molecule has 0 aliphatic heterocycles. The standard InChI is InChI=1S/C12H18N2O4/c15-9-12(5-1-2-6-12)8-13-7-10-3-4-11(18-10)14(16)17/h3-4,13,15H,1-2,5-9H2. The number of nitrogens with one attached hydrogen (secondary N) is 1. The van der Waals surface area contributed by atoms with Crippen molar-refractivity contribution < 1.29 is 14.4 Å². The number of aliphatic hydroxyl groups is 1. The van der Waals surface area contributed by atoms with Gasteiger partial charge >= 0.3 is 5.88 Å². The Hall–Kier alpha value is -1.40. The van der Waals surface area contributed by atoms with E-state index in [9.17, 15) is 15.2 Å². The van der Waals surface area contributed by atoms with Crippen LogP contribution < -0.4 is 5.32 Å². The van der Waals surface area contributed by atoms with Crippen LogP contribution in [0.4, 0.5) is 5.88 Å². The van der Waals surface area contributed by atoms with Crippen molar-refractivity contribution in [2.75, 3.05) is 13.2 Å². The lowest BCUT2D eigenvalue weighted by Gasteiger charge is -2.26. The molecule has 0 unspecified atom stereocenters. The third kappa shape index (κ3) is 2.88. The van der Waals surface area contributed by atoms with Gasteiger partial charge in [0.15, 0.2) is 0 Å². The van der Waals surface area contributed by atoms with Crippen LogP contribution in [0.5, 0.6) is 0 Å². The molecule has 6 heteroatoms. The fourth-order valence-corrected chi connectivity index (χ4v) is 2.53. The molecule has 0 amide bonds. The van der Waals surface area contributed by atoms with Gasteiger partial charge in [-0.15, -0.1) is 0 Å². The largest absolute Gasteiger partial charge is 0.433 e. The van der Waals surface area contributed by atoms with Gasteiger partial charge in [0.05, 0.1) is 12.6 Å². The minimum atomic E-state index is -0.546. The summed E-state index contributed by atoms with van der Waals surface area (Å²) in [4.78, 5) is 9.91. The van der Waals surface area contributed by atoms with Crippen molar-refractivity contribution >= 4 is 5.88 Å². The van der Waals surface area contributed by atoms with Crippen LogP contribution in [-0.2, 0) is 6.54 Å². The summed E-state index contributed by atoms with van der Waals surface area (Å²) in [6, 6.07) is 2.96. The number of nitro groups is 1. The van der Waals surface area contributed by atoms with E-state index in [0.717, 1.165) is 32.2 Å². The van der Waals surface area contributed by atoms with Crippen molar-refractivity contribution in [2.45, 2.75) is 32.2 Å². The van der Waals surface area contributed by atoms with E-state index in [-0.39, 0.29) is 17.9 Å². The fraction of sp³-hybridized carbons (Fsp3) is 0.667. The number of hydrogen-bond acceptors (Lipinski definition) is 5. The van der Waals surface area contributed by atoms with Gasteiger partial charge in [0.1, 0.15) is 10.7 Å². The summed E-state index contributed by atoms with van der Waals surface area (Å²) >= 11 is 0. The summed E-state index contributed by atoms with van der Waals surface area (Å²) in [6.07, 6.45) is 4.40. The minimum Gasteiger partial charge on any atom is -0.404 e. The van der Waals surface area contributed by atoms with Crippen LogP contribution in [0.15, 0.2) is 16.5 Å². The first-order chi connectivity index (χ1) is 8.65. The molecular weight excluding hydrogens is 236 g/mol. The third-order valence-electron chi connectivity index (χ3n) is 3.63. The second-order valence-electron chi connectivity index (χ2n) is 4.97. The van der Waals surface area contributed by atoms with Gasteiger partial charge < -0.3 is 14.8 Å². The minimum absolute atomic E-state index is 0.0154. The molecule has 6 nitrogen and oxygen atoms in total. The van der Waals surface area contributed by atoms with E-state index in [1.54, 1.807) is 6.07 Å². The highest BCUT2D eigenvalue weighted by atomic mass is 16.6. The van der Waals surface area contributed by atoms with Crippen molar-refractivity contribution in [3.63, 3.8) is 0 Å². The Morgan fingerprint density at radius 2 is 2.17 bits per heavy atom. The topological polar surface area (TPSA) is 88.5 Å². The Kier molecular flexibility index (Phi) is 3.98. The molecule has 1 aliphatic rings. The molecule has 1 fully saturated rings. The van der Waals surface area contributed by atoms with Crippen LogP contribution in [0.1, 0.15) is 31.4 Å². The molecule has 2 N–H and O–H groups in total. The Bertz CT molecular complexity index is 410. The first-order valence-electron chi connectivity index (χ1n) is 6.20. The van der Waals surface area contributed by atoms with E-state index in [4.69, 9.17) is 4.42 Å². The summed E-state index contributed by atoms with van der Waals surface area (Å²) in [6.45, 7) is 1.37. The third-order valence-corrected chi connectivity index (χ3v) is 3.63. The second-order valence-corrected chi connectivity index (χ2v) is 4.97.